The Morgan fingerprint density at radius 2 is 1.91 bits per heavy atom. The fourth-order valence-electron chi connectivity index (χ4n) is 7.76. The maximum Gasteiger partial charge on any atom is 0.120 e. The summed E-state index contributed by atoms with van der Waals surface area (Å²) >= 11 is 0. The van der Waals surface area contributed by atoms with Gasteiger partial charge in [0.1, 0.15) is 11.5 Å². The van der Waals surface area contributed by atoms with Crippen molar-refractivity contribution < 1.29 is 9.84 Å². The predicted molar refractivity (Wildman–Crippen MR) is 134 cm³/mol. The first-order valence-corrected chi connectivity index (χ1v) is 12.7. The highest BCUT2D eigenvalue weighted by Gasteiger charge is 2.54. The van der Waals surface area contributed by atoms with Gasteiger partial charge in [0.2, 0.25) is 0 Å². The summed E-state index contributed by atoms with van der Waals surface area (Å²) in [5.41, 5.74) is 4.48. The Morgan fingerprint density at radius 3 is 2.79 bits per heavy atom. The van der Waals surface area contributed by atoms with Crippen molar-refractivity contribution in [3.05, 3.63) is 71.3 Å². The normalized spacial score (nSPS) is 30.5. The Balaban J connectivity index is 1.22. The third-order valence-corrected chi connectivity index (χ3v) is 9.47. The first kappa shape index (κ1) is 21.0. The number of ether oxygens (including phenoxy) is 1. The third kappa shape index (κ3) is 3.35. The molecule has 3 heteroatoms. The third-order valence-electron chi connectivity index (χ3n) is 9.47. The number of aromatic hydroxyl groups is 1. The lowest BCUT2D eigenvalue weighted by atomic mass is 9.55. The molecule has 3 aromatic rings. The van der Waals surface area contributed by atoms with E-state index in [1.54, 1.807) is 12.7 Å². The van der Waals surface area contributed by atoms with Crippen molar-refractivity contribution in [1.29, 1.82) is 0 Å². The second-order valence-corrected chi connectivity index (χ2v) is 10.8. The van der Waals surface area contributed by atoms with Gasteiger partial charge in [-0.05, 0) is 102 Å². The summed E-state index contributed by atoms with van der Waals surface area (Å²) < 4.78 is 5.49. The van der Waals surface area contributed by atoms with Gasteiger partial charge in [0.15, 0.2) is 0 Å². The highest BCUT2D eigenvalue weighted by atomic mass is 16.5. The number of aryl methyl sites for hydroxylation is 1. The average Bonchev–Trinajstić information content (AvgIpc) is 3.19. The predicted octanol–water partition coefficient (Wildman–Crippen LogP) is 6.57. The van der Waals surface area contributed by atoms with Crippen molar-refractivity contribution in [1.82, 2.24) is 5.32 Å². The van der Waals surface area contributed by atoms with E-state index in [1.165, 1.54) is 49.5 Å². The molecule has 0 saturated heterocycles. The van der Waals surface area contributed by atoms with E-state index in [4.69, 9.17) is 4.74 Å². The lowest BCUT2D eigenvalue weighted by Gasteiger charge is -2.51. The molecular formula is C30H35NO2. The van der Waals surface area contributed by atoms with Gasteiger partial charge in [-0.1, -0.05) is 43.3 Å². The number of phenols is 1. The molecule has 2 N–H and O–H groups in total. The average molecular weight is 442 g/mol. The zero-order valence-corrected chi connectivity index (χ0v) is 19.8. The molecule has 6 rings (SSSR count). The minimum absolute atomic E-state index is 0.339. The Labute approximate surface area is 197 Å². The molecule has 3 aliphatic carbocycles. The topological polar surface area (TPSA) is 41.5 Å². The van der Waals surface area contributed by atoms with Crippen molar-refractivity contribution in [3.63, 3.8) is 0 Å². The van der Waals surface area contributed by atoms with Gasteiger partial charge in [0.25, 0.3) is 0 Å². The van der Waals surface area contributed by atoms with Crippen LogP contribution in [0, 0.1) is 17.3 Å². The smallest absolute Gasteiger partial charge is 0.120 e. The van der Waals surface area contributed by atoms with Crippen LogP contribution in [-0.4, -0.2) is 18.3 Å². The maximum atomic E-state index is 10.6. The molecule has 0 amide bonds. The maximum absolute atomic E-state index is 10.6. The second-order valence-electron chi connectivity index (χ2n) is 10.8. The van der Waals surface area contributed by atoms with Crippen molar-refractivity contribution >= 4 is 10.8 Å². The molecule has 3 unspecified atom stereocenters. The molecule has 3 nitrogen and oxygen atoms in total. The van der Waals surface area contributed by atoms with Gasteiger partial charge >= 0.3 is 0 Å². The van der Waals surface area contributed by atoms with Gasteiger partial charge in [-0.25, -0.2) is 0 Å². The summed E-state index contributed by atoms with van der Waals surface area (Å²) in [5, 5.41) is 16.9. The summed E-state index contributed by atoms with van der Waals surface area (Å²) in [7, 11) is 1.77. The molecule has 3 aromatic carbocycles. The SMILES string of the molecule is COc1ccc2c(c1)CCC1C2CC[C@@]2(C)C1CC[C@H]2NCc1c(O)ccc2ccccc12. The van der Waals surface area contributed by atoms with Crippen LogP contribution < -0.4 is 10.1 Å². The van der Waals surface area contributed by atoms with E-state index in [2.05, 4.69) is 54.7 Å². The lowest BCUT2D eigenvalue weighted by molar-refractivity contribution is 0.0408. The van der Waals surface area contributed by atoms with E-state index in [9.17, 15) is 5.11 Å². The van der Waals surface area contributed by atoms with Crippen molar-refractivity contribution in [2.24, 2.45) is 17.3 Å². The molecule has 0 aromatic heterocycles. The fraction of sp³-hybridized carbons (Fsp3) is 0.467. The Bertz CT molecular complexity index is 1190. The Kier molecular flexibility index (Phi) is 5.14. The van der Waals surface area contributed by atoms with Crippen LogP contribution >= 0.6 is 0 Å². The minimum Gasteiger partial charge on any atom is -0.508 e. The van der Waals surface area contributed by atoms with Gasteiger partial charge < -0.3 is 15.2 Å². The van der Waals surface area contributed by atoms with Gasteiger partial charge in [-0.2, -0.15) is 0 Å². The summed E-state index contributed by atoms with van der Waals surface area (Å²) in [6.45, 7) is 3.28. The van der Waals surface area contributed by atoms with Gasteiger partial charge in [-0.15, -0.1) is 0 Å². The number of methoxy groups -OCH3 is 1. The minimum atomic E-state index is 0.339. The zero-order chi connectivity index (χ0) is 22.6. The van der Waals surface area contributed by atoms with Crippen LogP contribution in [0.5, 0.6) is 11.5 Å². The molecule has 33 heavy (non-hydrogen) atoms. The highest BCUT2D eigenvalue weighted by Crippen LogP contribution is 2.61. The fourth-order valence-corrected chi connectivity index (χ4v) is 7.76. The summed E-state index contributed by atoms with van der Waals surface area (Å²) in [4.78, 5) is 0. The first-order valence-electron chi connectivity index (χ1n) is 12.7. The largest absolute Gasteiger partial charge is 0.508 e. The molecule has 172 valence electrons. The number of fused-ring (bicyclic) bond motifs is 6. The van der Waals surface area contributed by atoms with Crippen LogP contribution in [0.2, 0.25) is 0 Å². The number of hydrogen-bond donors (Lipinski definition) is 2. The van der Waals surface area contributed by atoms with E-state index in [0.29, 0.717) is 23.1 Å². The van der Waals surface area contributed by atoms with Crippen LogP contribution in [-0.2, 0) is 13.0 Å². The molecule has 0 heterocycles. The molecule has 0 spiro atoms. The van der Waals surface area contributed by atoms with Crippen LogP contribution in [0.1, 0.15) is 61.6 Å². The molecule has 2 saturated carbocycles. The van der Waals surface area contributed by atoms with E-state index < -0.39 is 0 Å². The van der Waals surface area contributed by atoms with Crippen LogP contribution in [0.15, 0.2) is 54.6 Å². The zero-order valence-electron chi connectivity index (χ0n) is 19.8. The van der Waals surface area contributed by atoms with Crippen LogP contribution in [0.3, 0.4) is 0 Å². The van der Waals surface area contributed by atoms with Crippen molar-refractivity contribution in [2.75, 3.05) is 7.11 Å². The summed E-state index contributed by atoms with van der Waals surface area (Å²) in [6, 6.07) is 19.5. The van der Waals surface area contributed by atoms with Crippen molar-refractivity contribution in [2.45, 2.75) is 64.0 Å². The molecule has 0 aliphatic heterocycles. The molecule has 0 radical (unpaired) electrons. The summed E-state index contributed by atoms with van der Waals surface area (Å²) in [5.74, 6) is 3.68. The van der Waals surface area contributed by atoms with Crippen LogP contribution in [0.4, 0.5) is 0 Å². The summed E-state index contributed by atoms with van der Waals surface area (Å²) in [6.07, 6.45) is 7.62. The second kappa shape index (κ2) is 8.06. The first-order chi connectivity index (χ1) is 16.1. The standard InChI is InChI=1S/C30H35NO2/c1-30-16-15-24-23-11-9-21(33-2)17-20(23)7-10-25(24)27(30)12-14-29(30)31-18-26-22-6-4-3-5-19(22)8-13-28(26)32/h3-6,8-9,11,13,17,24-25,27,29,31-32H,7,10,12,14-16,18H2,1-2H3/t24?,25?,27?,29-,30+/m1/s1. The molecule has 3 aliphatic rings. The Hall–Kier alpha value is -2.52. The highest BCUT2D eigenvalue weighted by molar-refractivity contribution is 5.87. The van der Waals surface area contributed by atoms with Gasteiger partial charge in [0, 0.05) is 18.2 Å². The number of rotatable bonds is 4. The molecule has 2 fully saturated rings. The number of phenolic OH excluding ortho intramolecular Hbond substituents is 1. The van der Waals surface area contributed by atoms with E-state index >= 15 is 0 Å². The van der Waals surface area contributed by atoms with E-state index in [1.807, 2.05) is 12.1 Å². The number of nitrogens with one attached hydrogen (secondary N) is 1. The quantitative estimate of drug-likeness (QED) is 0.481. The number of hydrogen-bond acceptors (Lipinski definition) is 3. The Morgan fingerprint density at radius 1 is 1.03 bits per heavy atom. The van der Waals surface area contributed by atoms with Crippen molar-refractivity contribution in [3.8, 4) is 11.5 Å². The molecule has 0 bridgehead atoms. The van der Waals surface area contributed by atoms with E-state index in [-0.39, 0.29) is 0 Å². The monoisotopic (exact) mass is 441 g/mol. The van der Waals surface area contributed by atoms with Gasteiger partial charge in [-0.3, -0.25) is 0 Å². The number of benzene rings is 3. The van der Waals surface area contributed by atoms with E-state index in [0.717, 1.165) is 35.1 Å². The molecule has 5 atom stereocenters. The van der Waals surface area contributed by atoms with Gasteiger partial charge in [0.05, 0.1) is 7.11 Å². The molecular weight excluding hydrogens is 406 g/mol. The lowest BCUT2D eigenvalue weighted by Crippen LogP contribution is -2.48. The van der Waals surface area contributed by atoms with Crippen LogP contribution in [0.25, 0.3) is 10.8 Å².